The molecule has 1 aromatic rings. The number of halogens is 2. The molecule has 3 aliphatic carbocycles. The topological polar surface area (TPSA) is 206 Å². The fourth-order valence-corrected chi connectivity index (χ4v) is 6.16. The Morgan fingerprint density at radius 1 is 1.12 bits per heavy atom. The van der Waals surface area contributed by atoms with Gasteiger partial charge in [-0.3, -0.25) is 24.1 Å². The third-order valence-electron chi connectivity index (χ3n) is 8.26. The Morgan fingerprint density at radius 3 is 2.21 bits per heavy atom. The summed E-state index contributed by atoms with van der Waals surface area (Å²) in [5.41, 5.74) is 2.44. The van der Waals surface area contributed by atoms with Crippen molar-refractivity contribution in [3.8, 4) is 5.75 Å². The number of nitrogens with one attached hydrogen (secondary N) is 2. The van der Waals surface area contributed by atoms with Crippen molar-refractivity contribution in [2.45, 2.75) is 37.5 Å². The van der Waals surface area contributed by atoms with Crippen molar-refractivity contribution in [1.82, 2.24) is 10.2 Å². The molecule has 5 atom stereocenters. The summed E-state index contributed by atoms with van der Waals surface area (Å²) in [5.74, 6) is -7.79. The first kappa shape index (κ1) is 34.8. The molecule has 0 heterocycles. The number of phenolic OH excluding ortho intramolecular Hbond substituents is 1. The van der Waals surface area contributed by atoms with Crippen molar-refractivity contribution in [2.24, 2.45) is 17.6 Å². The lowest BCUT2D eigenvalue weighted by Crippen LogP contribution is -2.65. The average Bonchev–Trinajstić information content (AvgIpc) is 2.86. The molecule has 2 amide bonds. The minimum absolute atomic E-state index is 0. The van der Waals surface area contributed by atoms with Crippen LogP contribution < -0.4 is 21.3 Å². The maximum atomic E-state index is 14.0. The molecule has 4 rings (SSSR count). The van der Waals surface area contributed by atoms with Crippen molar-refractivity contribution in [3.63, 3.8) is 0 Å². The van der Waals surface area contributed by atoms with Crippen LogP contribution in [0.2, 0.25) is 0 Å². The number of Topliss-reactive ketones (excluding diaryl/α,β-unsaturated/α-hetero) is 2. The number of anilines is 2. The molecule has 1 fully saturated rings. The van der Waals surface area contributed by atoms with Gasteiger partial charge >= 0.3 is 0 Å². The number of aliphatic hydroxyl groups is 3. The van der Waals surface area contributed by atoms with Gasteiger partial charge < -0.3 is 41.7 Å². The Labute approximate surface area is 255 Å². The summed E-state index contributed by atoms with van der Waals surface area (Å²) < 4.78 is 0. The van der Waals surface area contributed by atoms with Gasteiger partial charge in [-0.15, -0.1) is 24.8 Å². The highest BCUT2D eigenvalue weighted by Crippen LogP contribution is 2.54. The molecule has 3 unspecified atom stereocenters. The predicted octanol–water partition coefficient (Wildman–Crippen LogP) is 0.420. The fraction of sp³-hybridized carbons (Fsp3) is 0.481. The molecule has 8 N–H and O–H groups in total. The number of phenols is 1. The molecule has 0 bridgehead atoms. The second kappa shape index (κ2) is 12.1. The average molecular weight is 631 g/mol. The number of carbonyl (C=O) groups excluding carboxylic acids is 4. The van der Waals surface area contributed by atoms with E-state index in [0.717, 1.165) is 0 Å². The molecule has 1 aromatic carbocycles. The van der Waals surface area contributed by atoms with Crippen LogP contribution in [0.1, 0.15) is 24.5 Å². The summed E-state index contributed by atoms with van der Waals surface area (Å²) in [6.07, 6.45) is 0.119. The summed E-state index contributed by atoms with van der Waals surface area (Å²) in [6, 6.07) is -0.201. The van der Waals surface area contributed by atoms with E-state index in [1.807, 2.05) is 0 Å². The largest absolute Gasteiger partial charge is 0.508 e. The number of carbonyl (C=O) groups is 4. The third-order valence-corrected chi connectivity index (χ3v) is 8.26. The van der Waals surface area contributed by atoms with Gasteiger partial charge in [0.05, 0.1) is 23.3 Å². The van der Waals surface area contributed by atoms with E-state index in [2.05, 4.69) is 10.6 Å². The van der Waals surface area contributed by atoms with Crippen LogP contribution in [0.4, 0.5) is 11.4 Å². The second-order valence-corrected chi connectivity index (χ2v) is 11.0. The fourth-order valence-electron chi connectivity index (χ4n) is 6.16. The number of likely N-dealkylation sites (N-methyl/N-ethyl adjacent to an activating group) is 2. The van der Waals surface area contributed by atoms with Gasteiger partial charge in [-0.05, 0) is 58.5 Å². The Morgan fingerprint density at radius 2 is 1.71 bits per heavy atom. The molecule has 13 nitrogen and oxygen atoms in total. The van der Waals surface area contributed by atoms with Crippen LogP contribution in [0.15, 0.2) is 23.0 Å². The van der Waals surface area contributed by atoms with Crippen LogP contribution in [0, 0.1) is 11.8 Å². The summed E-state index contributed by atoms with van der Waals surface area (Å²) in [6.45, 7) is 1.62. The number of benzene rings is 1. The number of rotatable bonds is 6. The zero-order chi connectivity index (χ0) is 30.0. The van der Waals surface area contributed by atoms with Gasteiger partial charge in [0.1, 0.15) is 22.8 Å². The van der Waals surface area contributed by atoms with E-state index in [1.54, 1.807) is 53.1 Å². The van der Waals surface area contributed by atoms with Crippen LogP contribution in [-0.4, -0.2) is 102 Å². The molecule has 0 aromatic heterocycles. The molecule has 42 heavy (non-hydrogen) atoms. The van der Waals surface area contributed by atoms with E-state index in [-0.39, 0.29) is 54.5 Å². The lowest BCUT2D eigenvalue weighted by Gasteiger charge is -2.50. The normalized spacial score (nSPS) is 25.5. The standard InChI is InChI=1S/C27H35N5O8.2ClH/c1-10(29-2)26(39)30-14-9-15(31(3)4)12-7-11-8-13-19(32(5)6)22(35)18(25(28)38)24(37)27(13,40)23(36)16(11)21(34)17(12)20(14)33;;/h9-11,13,19,29,33-34,37,40H,7-8H2,1-6H3,(H2,28,38)(H,30,39);2*1H/t10?,11?,13?,19-,27-;;/m0../s1. The van der Waals surface area contributed by atoms with E-state index >= 15 is 0 Å². The maximum absolute atomic E-state index is 14.0. The maximum Gasteiger partial charge on any atom is 0.255 e. The van der Waals surface area contributed by atoms with Gasteiger partial charge in [0.15, 0.2) is 11.4 Å². The van der Waals surface area contributed by atoms with E-state index in [0.29, 0.717) is 11.3 Å². The molecule has 15 heteroatoms. The number of primary amides is 1. The number of hydrogen-bond acceptors (Lipinski definition) is 11. The van der Waals surface area contributed by atoms with Crippen LogP contribution in [-0.2, 0) is 25.6 Å². The number of fused-ring (bicyclic) bond motifs is 3. The number of amides is 2. The number of ketones is 2. The molecule has 0 radical (unpaired) electrons. The monoisotopic (exact) mass is 629 g/mol. The SMILES string of the molecule is CNC(C)C(=O)Nc1cc(N(C)C)c2c(c1O)C(O)=C1C(=O)[C@]3(O)C(O)=C(C(N)=O)C(=O)[C@@H](N(C)C)C3CC1C2.Cl.Cl. The Balaban J connectivity index is 0.00000308. The Kier molecular flexibility index (Phi) is 10.0. The van der Waals surface area contributed by atoms with Crippen molar-refractivity contribution in [2.75, 3.05) is 45.5 Å². The summed E-state index contributed by atoms with van der Waals surface area (Å²) in [5, 5.41) is 50.8. The minimum atomic E-state index is -2.72. The zero-order valence-electron chi connectivity index (χ0n) is 24.0. The van der Waals surface area contributed by atoms with Gasteiger partial charge in [0.2, 0.25) is 11.7 Å². The predicted molar refractivity (Wildman–Crippen MR) is 160 cm³/mol. The van der Waals surface area contributed by atoms with E-state index in [9.17, 15) is 39.6 Å². The zero-order valence-corrected chi connectivity index (χ0v) is 25.6. The number of hydrogen-bond donors (Lipinski definition) is 7. The highest BCUT2D eigenvalue weighted by atomic mass is 35.5. The van der Waals surface area contributed by atoms with Crippen molar-refractivity contribution in [3.05, 3.63) is 34.1 Å². The third kappa shape index (κ3) is 4.98. The number of aliphatic hydroxyl groups excluding tert-OH is 2. The van der Waals surface area contributed by atoms with E-state index in [1.165, 1.54) is 4.90 Å². The first-order valence-electron chi connectivity index (χ1n) is 12.8. The van der Waals surface area contributed by atoms with Crippen LogP contribution >= 0.6 is 24.8 Å². The molecule has 0 spiro atoms. The van der Waals surface area contributed by atoms with Gasteiger partial charge in [0, 0.05) is 31.3 Å². The van der Waals surface area contributed by atoms with Gasteiger partial charge in [0.25, 0.3) is 5.91 Å². The first-order chi connectivity index (χ1) is 18.6. The van der Waals surface area contributed by atoms with Crippen LogP contribution in [0.5, 0.6) is 5.75 Å². The van der Waals surface area contributed by atoms with Crippen molar-refractivity contribution in [1.29, 1.82) is 0 Å². The summed E-state index contributed by atoms with van der Waals surface area (Å²) in [4.78, 5) is 55.1. The minimum Gasteiger partial charge on any atom is -0.508 e. The van der Waals surface area contributed by atoms with E-state index in [4.69, 9.17) is 5.73 Å². The van der Waals surface area contributed by atoms with Crippen molar-refractivity contribution >= 4 is 65.3 Å². The second-order valence-electron chi connectivity index (χ2n) is 11.0. The van der Waals surface area contributed by atoms with Gasteiger partial charge in [-0.2, -0.15) is 0 Å². The molecular weight excluding hydrogens is 593 g/mol. The van der Waals surface area contributed by atoms with E-state index < -0.39 is 75.7 Å². The van der Waals surface area contributed by atoms with Gasteiger partial charge in [-0.25, -0.2) is 0 Å². The van der Waals surface area contributed by atoms with Gasteiger partial charge in [-0.1, -0.05) is 0 Å². The number of nitrogens with zero attached hydrogens (tertiary/aromatic N) is 2. The molecule has 232 valence electrons. The van der Waals surface area contributed by atoms with Crippen molar-refractivity contribution < 1.29 is 39.6 Å². The molecular formula is C27H37Cl2N5O8. The Hall–Kier alpha value is -3.36. The highest BCUT2D eigenvalue weighted by molar-refractivity contribution is 6.24. The molecule has 3 aliphatic rings. The molecule has 1 saturated carbocycles. The lowest BCUT2D eigenvalue weighted by atomic mass is 9.57. The summed E-state index contributed by atoms with van der Waals surface area (Å²) in [7, 11) is 8.16. The quantitative estimate of drug-likeness (QED) is 0.169. The van der Waals surface area contributed by atoms with Crippen LogP contribution in [0.25, 0.3) is 5.76 Å². The number of aromatic hydroxyl groups is 1. The molecule has 0 aliphatic heterocycles. The highest BCUT2D eigenvalue weighted by Gasteiger charge is 2.64. The lowest BCUT2D eigenvalue weighted by molar-refractivity contribution is -0.153. The summed E-state index contributed by atoms with van der Waals surface area (Å²) >= 11 is 0. The molecule has 0 saturated heterocycles. The van der Waals surface area contributed by atoms with Crippen LogP contribution in [0.3, 0.4) is 0 Å². The number of nitrogens with two attached hydrogens (primary N) is 1. The first-order valence-corrected chi connectivity index (χ1v) is 12.8. The Bertz CT molecular complexity index is 1410. The smallest absolute Gasteiger partial charge is 0.255 e.